The van der Waals surface area contributed by atoms with E-state index in [1.807, 2.05) is 0 Å². The van der Waals surface area contributed by atoms with Crippen LogP contribution in [0, 0.1) is 17.8 Å². The molecule has 2 rings (SSSR count). The van der Waals surface area contributed by atoms with Crippen molar-refractivity contribution in [1.82, 2.24) is 0 Å². The minimum atomic E-state index is -4.02. The average molecular weight is 263 g/mol. The Hall–Kier alpha value is -0.250. The van der Waals surface area contributed by atoms with Gasteiger partial charge in [-0.15, -0.1) is 0 Å². The molecular formula is C14H24F3N. The molecule has 0 radical (unpaired) electrons. The van der Waals surface area contributed by atoms with Gasteiger partial charge in [0.25, 0.3) is 0 Å². The number of rotatable bonds is 2. The van der Waals surface area contributed by atoms with Crippen molar-refractivity contribution in [3.05, 3.63) is 0 Å². The molecule has 0 aliphatic heterocycles. The van der Waals surface area contributed by atoms with E-state index in [0.29, 0.717) is 18.8 Å². The van der Waals surface area contributed by atoms with Gasteiger partial charge in [0.1, 0.15) is 0 Å². The Bertz CT molecular complexity index is 258. The first-order chi connectivity index (χ1) is 8.48. The van der Waals surface area contributed by atoms with E-state index in [-0.39, 0.29) is 18.4 Å². The second-order valence-electron chi connectivity index (χ2n) is 6.14. The van der Waals surface area contributed by atoms with Crippen LogP contribution in [0.15, 0.2) is 0 Å². The number of alkyl halides is 3. The molecule has 18 heavy (non-hydrogen) atoms. The third-order valence-corrected chi connectivity index (χ3v) is 4.92. The van der Waals surface area contributed by atoms with Crippen LogP contribution >= 0.6 is 0 Å². The summed E-state index contributed by atoms with van der Waals surface area (Å²) in [5, 5.41) is 0. The van der Waals surface area contributed by atoms with Gasteiger partial charge in [-0.25, -0.2) is 0 Å². The van der Waals surface area contributed by atoms with Crippen molar-refractivity contribution in [2.24, 2.45) is 23.5 Å². The Morgan fingerprint density at radius 3 is 2.06 bits per heavy atom. The first-order valence-corrected chi connectivity index (χ1v) is 7.31. The normalized spacial score (nSPS) is 33.3. The van der Waals surface area contributed by atoms with Crippen LogP contribution in [0.25, 0.3) is 0 Å². The third kappa shape index (κ3) is 3.40. The zero-order chi connectivity index (χ0) is 13.2. The number of hydrogen-bond donors (Lipinski definition) is 1. The van der Waals surface area contributed by atoms with Crippen LogP contribution in [0.5, 0.6) is 0 Å². The molecular weight excluding hydrogens is 239 g/mol. The number of hydrogen-bond acceptors (Lipinski definition) is 1. The molecule has 4 heteroatoms. The Labute approximate surface area is 107 Å². The Balaban J connectivity index is 1.91. The van der Waals surface area contributed by atoms with Gasteiger partial charge in [-0.2, -0.15) is 13.2 Å². The van der Waals surface area contributed by atoms with E-state index in [0.717, 1.165) is 19.3 Å². The van der Waals surface area contributed by atoms with Gasteiger partial charge < -0.3 is 5.73 Å². The number of nitrogens with two attached hydrogens (primary N) is 1. The maximum Gasteiger partial charge on any atom is 0.391 e. The predicted octanol–water partition coefficient (Wildman–Crippen LogP) is 4.26. The molecule has 1 nitrogen and oxygen atoms in total. The van der Waals surface area contributed by atoms with Gasteiger partial charge >= 0.3 is 6.18 Å². The lowest BCUT2D eigenvalue weighted by Gasteiger charge is -2.38. The van der Waals surface area contributed by atoms with Crippen molar-refractivity contribution < 1.29 is 13.2 Å². The fourth-order valence-electron chi connectivity index (χ4n) is 3.78. The lowest BCUT2D eigenvalue weighted by atomic mass is 9.71. The topological polar surface area (TPSA) is 26.0 Å². The quantitative estimate of drug-likeness (QED) is 0.791. The smallest absolute Gasteiger partial charge is 0.327 e. The third-order valence-electron chi connectivity index (χ3n) is 4.92. The molecule has 106 valence electrons. The Kier molecular flexibility index (Phi) is 4.57. The highest BCUT2D eigenvalue weighted by molar-refractivity contribution is 4.87. The second-order valence-corrected chi connectivity index (χ2v) is 6.14. The zero-order valence-electron chi connectivity index (χ0n) is 10.9. The summed E-state index contributed by atoms with van der Waals surface area (Å²) in [4.78, 5) is 0. The molecule has 2 N–H and O–H groups in total. The molecule has 3 atom stereocenters. The van der Waals surface area contributed by atoms with E-state index >= 15 is 0 Å². The summed E-state index contributed by atoms with van der Waals surface area (Å²) in [7, 11) is 0. The summed E-state index contributed by atoms with van der Waals surface area (Å²) in [5.74, 6) is -0.546. The molecule has 2 aliphatic rings. The van der Waals surface area contributed by atoms with Crippen LogP contribution in [0.3, 0.4) is 0 Å². The van der Waals surface area contributed by atoms with Crippen LogP contribution < -0.4 is 5.73 Å². The van der Waals surface area contributed by atoms with Gasteiger partial charge in [-0.05, 0) is 43.9 Å². The standard InChI is InChI=1S/C14H24F3N/c15-14(16,17)12-8-4-7-11(9-12)13(18)10-5-2-1-3-6-10/h10-13H,1-9,18H2. The summed E-state index contributed by atoms with van der Waals surface area (Å²) >= 11 is 0. The van der Waals surface area contributed by atoms with Crippen LogP contribution in [-0.4, -0.2) is 12.2 Å². The van der Waals surface area contributed by atoms with E-state index < -0.39 is 12.1 Å². The summed E-state index contributed by atoms with van der Waals surface area (Å²) in [5.41, 5.74) is 6.26. The maximum atomic E-state index is 12.8. The van der Waals surface area contributed by atoms with Crippen LogP contribution in [0.2, 0.25) is 0 Å². The molecule has 0 heterocycles. The van der Waals surface area contributed by atoms with Crippen molar-refractivity contribution in [1.29, 1.82) is 0 Å². The SMILES string of the molecule is NC(C1CCCCC1)C1CCCC(C(F)(F)F)C1. The van der Waals surface area contributed by atoms with E-state index in [9.17, 15) is 13.2 Å². The molecule has 0 aromatic carbocycles. The first kappa shape index (κ1) is 14.2. The monoisotopic (exact) mass is 263 g/mol. The van der Waals surface area contributed by atoms with E-state index in [1.54, 1.807) is 0 Å². The predicted molar refractivity (Wildman–Crippen MR) is 66.1 cm³/mol. The zero-order valence-corrected chi connectivity index (χ0v) is 10.9. The van der Waals surface area contributed by atoms with Crippen LogP contribution in [0.4, 0.5) is 13.2 Å². The molecule has 2 fully saturated rings. The van der Waals surface area contributed by atoms with Crippen molar-refractivity contribution in [3.8, 4) is 0 Å². The molecule has 0 spiro atoms. The van der Waals surface area contributed by atoms with Gasteiger partial charge in [0, 0.05) is 6.04 Å². The van der Waals surface area contributed by atoms with E-state index in [1.165, 1.54) is 19.3 Å². The van der Waals surface area contributed by atoms with Gasteiger partial charge in [0.05, 0.1) is 5.92 Å². The molecule has 3 unspecified atom stereocenters. The minimum absolute atomic E-state index is 0.00421. The fraction of sp³-hybridized carbons (Fsp3) is 1.00. The molecule has 0 amide bonds. The number of halogens is 3. The van der Waals surface area contributed by atoms with Gasteiger partial charge in [0.2, 0.25) is 0 Å². The van der Waals surface area contributed by atoms with E-state index in [4.69, 9.17) is 5.73 Å². The maximum absolute atomic E-state index is 12.8. The highest BCUT2D eigenvalue weighted by Crippen LogP contribution is 2.42. The highest BCUT2D eigenvalue weighted by atomic mass is 19.4. The highest BCUT2D eigenvalue weighted by Gasteiger charge is 2.43. The second kappa shape index (κ2) is 5.81. The Morgan fingerprint density at radius 2 is 1.44 bits per heavy atom. The first-order valence-electron chi connectivity index (χ1n) is 7.31. The molecule has 0 saturated heterocycles. The van der Waals surface area contributed by atoms with Crippen molar-refractivity contribution in [2.75, 3.05) is 0 Å². The van der Waals surface area contributed by atoms with Gasteiger partial charge in [-0.1, -0.05) is 25.7 Å². The van der Waals surface area contributed by atoms with Crippen molar-refractivity contribution in [2.45, 2.75) is 70.0 Å². The van der Waals surface area contributed by atoms with Crippen molar-refractivity contribution >= 4 is 0 Å². The summed E-state index contributed by atoms with van der Waals surface area (Å²) in [6, 6.07) is -0.00421. The van der Waals surface area contributed by atoms with Crippen LogP contribution in [-0.2, 0) is 0 Å². The molecule has 0 aromatic heterocycles. The lowest BCUT2D eigenvalue weighted by molar-refractivity contribution is -0.186. The molecule has 2 saturated carbocycles. The molecule has 0 aromatic rings. The fourth-order valence-corrected chi connectivity index (χ4v) is 3.78. The molecule has 2 aliphatic carbocycles. The molecule has 0 bridgehead atoms. The summed E-state index contributed by atoms with van der Waals surface area (Å²) in [6.45, 7) is 0. The van der Waals surface area contributed by atoms with E-state index in [2.05, 4.69) is 0 Å². The lowest BCUT2D eigenvalue weighted by Crippen LogP contribution is -2.42. The average Bonchev–Trinajstić information content (AvgIpc) is 2.38. The van der Waals surface area contributed by atoms with Crippen molar-refractivity contribution in [3.63, 3.8) is 0 Å². The Morgan fingerprint density at radius 1 is 0.833 bits per heavy atom. The largest absolute Gasteiger partial charge is 0.391 e. The minimum Gasteiger partial charge on any atom is -0.327 e. The summed E-state index contributed by atoms with van der Waals surface area (Å²) in [6.07, 6.45) is 4.03. The van der Waals surface area contributed by atoms with Gasteiger partial charge in [-0.3, -0.25) is 0 Å². The van der Waals surface area contributed by atoms with Gasteiger partial charge in [0.15, 0.2) is 0 Å². The van der Waals surface area contributed by atoms with Crippen LogP contribution in [0.1, 0.15) is 57.8 Å². The summed E-state index contributed by atoms with van der Waals surface area (Å²) < 4.78 is 38.3.